The van der Waals surface area contributed by atoms with E-state index >= 15 is 0 Å². The van der Waals surface area contributed by atoms with E-state index in [0.717, 1.165) is 5.56 Å². The lowest BCUT2D eigenvalue weighted by molar-refractivity contribution is -0.112. The highest BCUT2D eigenvalue weighted by Gasteiger charge is 2.13. The van der Waals surface area contributed by atoms with Gasteiger partial charge in [-0.05, 0) is 23.8 Å². The Labute approximate surface area is 132 Å². The highest BCUT2D eigenvalue weighted by molar-refractivity contribution is 6.40. The summed E-state index contributed by atoms with van der Waals surface area (Å²) >= 11 is 12.0. The zero-order chi connectivity index (χ0) is 15.2. The molecule has 0 radical (unpaired) electrons. The summed E-state index contributed by atoms with van der Waals surface area (Å²) in [6.07, 6.45) is 1.50. The van der Waals surface area contributed by atoms with Gasteiger partial charge in [0.05, 0.1) is 15.7 Å². The summed E-state index contributed by atoms with van der Waals surface area (Å²) < 4.78 is 0. The zero-order valence-electron chi connectivity index (χ0n) is 10.8. The number of anilines is 1. The minimum atomic E-state index is -0.559. The Balaban J connectivity index is 2.27. The highest BCUT2D eigenvalue weighted by Crippen LogP contribution is 2.30. The summed E-state index contributed by atoms with van der Waals surface area (Å²) in [4.78, 5) is 12.1. The van der Waals surface area contributed by atoms with E-state index in [0.29, 0.717) is 15.7 Å². The van der Waals surface area contributed by atoms with Crippen LogP contribution < -0.4 is 5.32 Å². The van der Waals surface area contributed by atoms with Crippen molar-refractivity contribution in [2.45, 2.75) is 0 Å². The Morgan fingerprint density at radius 1 is 1.05 bits per heavy atom. The lowest BCUT2D eigenvalue weighted by Gasteiger charge is -2.08. The maximum atomic E-state index is 12.1. The third kappa shape index (κ3) is 3.85. The summed E-state index contributed by atoms with van der Waals surface area (Å²) in [5.74, 6) is -0.559. The van der Waals surface area contributed by atoms with Gasteiger partial charge in [-0.1, -0.05) is 59.6 Å². The molecule has 0 aromatic heterocycles. The van der Waals surface area contributed by atoms with E-state index in [-0.39, 0.29) is 5.57 Å². The molecule has 0 spiro atoms. The lowest BCUT2D eigenvalue weighted by Crippen LogP contribution is -2.14. The van der Waals surface area contributed by atoms with Crippen molar-refractivity contribution in [3.8, 4) is 6.07 Å². The van der Waals surface area contributed by atoms with Gasteiger partial charge in [0.15, 0.2) is 0 Å². The zero-order valence-corrected chi connectivity index (χ0v) is 12.3. The van der Waals surface area contributed by atoms with Crippen LogP contribution in [0.15, 0.2) is 54.1 Å². The van der Waals surface area contributed by atoms with Crippen LogP contribution in [0.3, 0.4) is 0 Å². The number of amides is 1. The SMILES string of the molecule is N#C/C(=C\c1ccccc1)C(=O)Nc1c(Cl)cccc1Cl. The quantitative estimate of drug-likeness (QED) is 0.667. The van der Waals surface area contributed by atoms with Gasteiger partial charge in [0.25, 0.3) is 5.91 Å². The van der Waals surface area contributed by atoms with Crippen LogP contribution in [0.5, 0.6) is 0 Å². The maximum Gasteiger partial charge on any atom is 0.266 e. The second-order valence-electron chi connectivity index (χ2n) is 4.13. The summed E-state index contributed by atoms with van der Waals surface area (Å²) in [6.45, 7) is 0. The first-order valence-corrected chi connectivity index (χ1v) is 6.79. The molecule has 0 saturated carbocycles. The lowest BCUT2D eigenvalue weighted by atomic mass is 10.1. The fourth-order valence-electron chi connectivity index (χ4n) is 1.66. The standard InChI is InChI=1S/C16H10Cl2N2O/c17-13-7-4-8-14(18)15(13)20-16(21)12(10-19)9-11-5-2-1-3-6-11/h1-9H,(H,20,21)/b12-9+. The monoisotopic (exact) mass is 316 g/mol. The summed E-state index contributed by atoms with van der Waals surface area (Å²) in [6, 6.07) is 15.9. The number of carbonyl (C=O) groups excluding carboxylic acids is 1. The van der Waals surface area contributed by atoms with Crippen LogP contribution in [-0.4, -0.2) is 5.91 Å². The molecule has 2 aromatic rings. The smallest absolute Gasteiger partial charge is 0.266 e. The minimum absolute atomic E-state index is 0.0304. The molecule has 2 rings (SSSR count). The normalized spacial score (nSPS) is 10.8. The van der Waals surface area contributed by atoms with Crippen molar-refractivity contribution >= 4 is 40.9 Å². The second kappa shape index (κ2) is 6.94. The molecule has 5 heteroatoms. The van der Waals surface area contributed by atoms with Crippen LogP contribution in [0, 0.1) is 11.3 Å². The molecule has 0 aliphatic heterocycles. The summed E-state index contributed by atoms with van der Waals surface area (Å²) in [5, 5.41) is 12.3. The third-order valence-corrected chi connectivity index (χ3v) is 3.31. The van der Waals surface area contributed by atoms with Crippen molar-refractivity contribution in [2.24, 2.45) is 0 Å². The van der Waals surface area contributed by atoms with Crippen molar-refractivity contribution in [1.29, 1.82) is 5.26 Å². The van der Waals surface area contributed by atoms with E-state index in [9.17, 15) is 4.79 Å². The van der Waals surface area contributed by atoms with Gasteiger partial charge in [-0.15, -0.1) is 0 Å². The number of halogens is 2. The number of nitrogens with zero attached hydrogens (tertiary/aromatic N) is 1. The van der Waals surface area contributed by atoms with Crippen LogP contribution in [0.25, 0.3) is 6.08 Å². The molecule has 0 atom stereocenters. The minimum Gasteiger partial charge on any atom is -0.319 e. The van der Waals surface area contributed by atoms with Crippen LogP contribution in [-0.2, 0) is 4.79 Å². The molecule has 2 aromatic carbocycles. The molecule has 0 aliphatic carbocycles. The largest absolute Gasteiger partial charge is 0.319 e. The highest BCUT2D eigenvalue weighted by atomic mass is 35.5. The number of hydrogen-bond donors (Lipinski definition) is 1. The maximum absolute atomic E-state index is 12.1. The van der Waals surface area contributed by atoms with Crippen LogP contribution in [0.1, 0.15) is 5.56 Å². The van der Waals surface area contributed by atoms with E-state index < -0.39 is 5.91 Å². The first-order chi connectivity index (χ1) is 10.1. The molecule has 0 heterocycles. The Hall–Kier alpha value is -2.28. The molecule has 0 fully saturated rings. The van der Waals surface area contributed by atoms with Gasteiger partial charge in [0.1, 0.15) is 11.6 Å². The van der Waals surface area contributed by atoms with Gasteiger partial charge < -0.3 is 5.32 Å². The van der Waals surface area contributed by atoms with Gasteiger partial charge in [-0.25, -0.2) is 0 Å². The van der Waals surface area contributed by atoms with Gasteiger partial charge in [-0.2, -0.15) is 5.26 Å². The Bertz CT molecular complexity index is 713. The molecule has 1 amide bonds. The van der Waals surface area contributed by atoms with Crippen molar-refractivity contribution < 1.29 is 4.79 Å². The van der Waals surface area contributed by atoms with Gasteiger partial charge in [0.2, 0.25) is 0 Å². The predicted molar refractivity (Wildman–Crippen MR) is 85.1 cm³/mol. The Morgan fingerprint density at radius 2 is 1.67 bits per heavy atom. The van der Waals surface area contributed by atoms with Crippen molar-refractivity contribution in [2.75, 3.05) is 5.32 Å². The molecule has 0 bridgehead atoms. The van der Waals surface area contributed by atoms with Crippen LogP contribution in [0.2, 0.25) is 10.0 Å². The van der Waals surface area contributed by atoms with Gasteiger partial charge in [0, 0.05) is 0 Å². The number of carbonyl (C=O) groups is 1. The number of para-hydroxylation sites is 1. The number of nitriles is 1. The molecule has 0 saturated heterocycles. The van der Waals surface area contributed by atoms with Crippen molar-refractivity contribution in [3.63, 3.8) is 0 Å². The molecule has 1 N–H and O–H groups in total. The van der Waals surface area contributed by atoms with Crippen molar-refractivity contribution in [1.82, 2.24) is 0 Å². The fourth-order valence-corrected chi connectivity index (χ4v) is 2.15. The van der Waals surface area contributed by atoms with Crippen molar-refractivity contribution in [3.05, 3.63) is 69.7 Å². The average molecular weight is 317 g/mol. The molecular weight excluding hydrogens is 307 g/mol. The third-order valence-electron chi connectivity index (χ3n) is 2.68. The Kier molecular flexibility index (Phi) is 4.99. The number of rotatable bonds is 3. The first kappa shape index (κ1) is 15.1. The van der Waals surface area contributed by atoms with E-state index in [1.807, 2.05) is 24.3 Å². The van der Waals surface area contributed by atoms with Crippen LogP contribution in [0.4, 0.5) is 5.69 Å². The number of benzene rings is 2. The van der Waals surface area contributed by atoms with E-state index in [4.69, 9.17) is 28.5 Å². The molecule has 3 nitrogen and oxygen atoms in total. The summed E-state index contributed by atoms with van der Waals surface area (Å²) in [7, 11) is 0. The van der Waals surface area contributed by atoms with Gasteiger partial charge >= 0.3 is 0 Å². The molecule has 0 aliphatic rings. The predicted octanol–water partition coefficient (Wildman–Crippen LogP) is 4.54. The average Bonchev–Trinajstić information content (AvgIpc) is 2.49. The molecule has 21 heavy (non-hydrogen) atoms. The second-order valence-corrected chi connectivity index (χ2v) is 4.95. The Morgan fingerprint density at radius 3 is 2.24 bits per heavy atom. The van der Waals surface area contributed by atoms with E-state index in [1.165, 1.54) is 6.08 Å². The number of hydrogen-bond acceptors (Lipinski definition) is 2. The number of nitrogens with one attached hydrogen (secondary N) is 1. The first-order valence-electron chi connectivity index (χ1n) is 6.04. The molecule has 0 unspecified atom stereocenters. The molecule has 104 valence electrons. The topological polar surface area (TPSA) is 52.9 Å². The van der Waals surface area contributed by atoms with Gasteiger partial charge in [-0.3, -0.25) is 4.79 Å². The van der Waals surface area contributed by atoms with Crippen LogP contribution >= 0.6 is 23.2 Å². The fraction of sp³-hybridized carbons (Fsp3) is 0. The van der Waals surface area contributed by atoms with E-state index in [1.54, 1.807) is 30.3 Å². The molecular formula is C16H10Cl2N2O. The van der Waals surface area contributed by atoms with E-state index in [2.05, 4.69) is 5.32 Å². The summed E-state index contributed by atoms with van der Waals surface area (Å²) in [5.41, 5.74) is 1.02.